The molecule has 0 radical (unpaired) electrons. The zero-order valence-electron chi connectivity index (χ0n) is 20.5. The number of carbonyl (C=O) groups is 1. The first kappa shape index (κ1) is 26.2. The molecule has 0 saturated carbocycles. The smallest absolute Gasteiger partial charge is 0.334 e. The van der Waals surface area contributed by atoms with E-state index in [2.05, 4.69) is 30.5 Å². The second kappa shape index (κ2) is 13.5. The highest BCUT2D eigenvalue weighted by atomic mass is 35.5. The predicted molar refractivity (Wildman–Crippen MR) is 142 cm³/mol. The van der Waals surface area contributed by atoms with E-state index in [1.54, 1.807) is 11.3 Å². The molecule has 0 saturated heterocycles. The van der Waals surface area contributed by atoms with Gasteiger partial charge < -0.3 is 9.30 Å². The summed E-state index contributed by atoms with van der Waals surface area (Å²) in [4.78, 5) is 19.2. The molecule has 0 spiro atoms. The van der Waals surface area contributed by atoms with Gasteiger partial charge in [0.15, 0.2) is 0 Å². The Bertz CT molecular complexity index is 1090. The van der Waals surface area contributed by atoms with Gasteiger partial charge in [0.05, 0.1) is 25.0 Å². The molecule has 0 aliphatic rings. The maximum Gasteiger partial charge on any atom is 0.334 e. The van der Waals surface area contributed by atoms with Crippen LogP contribution in [0.2, 0.25) is 5.02 Å². The molecule has 0 bridgehead atoms. The van der Waals surface area contributed by atoms with Crippen molar-refractivity contribution < 1.29 is 9.53 Å². The van der Waals surface area contributed by atoms with E-state index in [0.29, 0.717) is 19.6 Å². The zero-order chi connectivity index (χ0) is 24.3. The number of aromatic nitrogens is 2. The minimum atomic E-state index is -0.234. The molecule has 0 unspecified atom stereocenters. The van der Waals surface area contributed by atoms with E-state index in [9.17, 15) is 4.79 Å². The van der Waals surface area contributed by atoms with Crippen LogP contribution in [0.25, 0.3) is 5.57 Å². The third kappa shape index (κ3) is 6.83. The van der Waals surface area contributed by atoms with Crippen molar-refractivity contribution in [3.63, 3.8) is 0 Å². The molecule has 0 aliphatic carbocycles. The lowest BCUT2D eigenvalue weighted by atomic mass is 9.96. The molecule has 0 aliphatic heterocycles. The SMILES string of the molecule is CCCC/C(=C(/Cc1cccs1)C(=O)OCC)c1cnc(CCCC)n1Cc1ccccc1Cl. The predicted octanol–water partition coefficient (Wildman–Crippen LogP) is 7.74. The number of ether oxygens (including phenoxy) is 1. The third-order valence-electron chi connectivity index (χ3n) is 5.89. The van der Waals surface area contributed by atoms with Crippen LogP contribution in [0.5, 0.6) is 0 Å². The molecule has 4 nitrogen and oxygen atoms in total. The standard InChI is InChI=1S/C28H35ClN2O2S/c1-4-7-14-23(24(28(32)33-6-3)18-22-13-11-17-34-22)26-19-30-27(16-8-5-2)31(26)20-21-12-9-10-15-25(21)29/h9-13,15,17,19H,4-8,14,16,18,20H2,1-3H3/b24-23+. The highest BCUT2D eigenvalue weighted by Gasteiger charge is 2.23. The fourth-order valence-electron chi connectivity index (χ4n) is 4.06. The molecule has 0 atom stereocenters. The summed E-state index contributed by atoms with van der Waals surface area (Å²) in [6, 6.07) is 12.0. The van der Waals surface area contributed by atoms with Crippen LogP contribution in [0.15, 0.2) is 53.5 Å². The van der Waals surface area contributed by atoms with E-state index in [0.717, 1.165) is 76.7 Å². The van der Waals surface area contributed by atoms with E-state index in [-0.39, 0.29) is 5.97 Å². The first-order valence-electron chi connectivity index (χ1n) is 12.3. The van der Waals surface area contributed by atoms with Crippen molar-refractivity contribution in [3.8, 4) is 0 Å². The lowest BCUT2D eigenvalue weighted by Crippen LogP contribution is -2.15. The summed E-state index contributed by atoms with van der Waals surface area (Å²) < 4.78 is 7.80. The first-order chi connectivity index (χ1) is 16.6. The fourth-order valence-corrected chi connectivity index (χ4v) is 4.97. The Morgan fingerprint density at radius 1 is 1.09 bits per heavy atom. The Kier molecular flexibility index (Phi) is 10.4. The molecule has 0 fully saturated rings. The highest BCUT2D eigenvalue weighted by molar-refractivity contribution is 7.09. The zero-order valence-corrected chi connectivity index (χ0v) is 22.1. The van der Waals surface area contributed by atoms with Crippen molar-refractivity contribution in [1.82, 2.24) is 9.55 Å². The molecule has 2 aromatic heterocycles. The number of nitrogens with zero attached hydrogens (tertiary/aromatic N) is 2. The summed E-state index contributed by atoms with van der Waals surface area (Å²) in [6.45, 7) is 7.20. The maximum atomic E-state index is 13.2. The average Bonchev–Trinajstić information content (AvgIpc) is 3.49. The number of hydrogen-bond acceptors (Lipinski definition) is 4. The van der Waals surface area contributed by atoms with Gasteiger partial charge in [-0.1, -0.05) is 62.6 Å². The van der Waals surface area contributed by atoms with E-state index >= 15 is 0 Å². The topological polar surface area (TPSA) is 44.1 Å². The summed E-state index contributed by atoms with van der Waals surface area (Å²) in [5.41, 5.74) is 3.82. The summed E-state index contributed by atoms with van der Waals surface area (Å²) in [5.74, 6) is 0.799. The monoisotopic (exact) mass is 498 g/mol. The van der Waals surface area contributed by atoms with Crippen molar-refractivity contribution in [2.75, 3.05) is 6.61 Å². The van der Waals surface area contributed by atoms with Crippen LogP contribution in [0, 0.1) is 0 Å². The van der Waals surface area contributed by atoms with Gasteiger partial charge in [-0.3, -0.25) is 0 Å². The van der Waals surface area contributed by atoms with Gasteiger partial charge in [-0.15, -0.1) is 11.3 Å². The number of hydrogen-bond donors (Lipinski definition) is 0. The van der Waals surface area contributed by atoms with Gasteiger partial charge in [0.1, 0.15) is 5.82 Å². The first-order valence-corrected chi connectivity index (χ1v) is 13.5. The minimum Gasteiger partial charge on any atom is -0.463 e. The normalized spacial score (nSPS) is 12.0. The summed E-state index contributed by atoms with van der Waals surface area (Å²) >= 11 is 8.21. The van der Waals surface area contributed by atoms with Gasteiger partial charge in [0, 0.05) is 28.3 Å². The molecule has 3 aromatic rings. The number of thiophene rings is 1. The number of imidazole rings is 1. The van der Waals surface area contributed by atoms with Crippen molar-refractivity contribution in [3.05, 3.63) is 80.5 Å². The van der Waals surface area contributed by atoms with Gasteiger partial charge in [0.2, 0.25) is 0 Å². The lowest BCUT2D eigenvalue weighted by molar-refractivity contribution is -0.138. The van der Waals surface area contributed by atoms with Crippen LogP contribution < -0.4 is 0 Å². The molecule has 0 N–H and O–H groups in total. The summed E-state index contributed by atoms with van der Waals surface area (Å²) in [5, 5.41) is 2.79. The molecule has 34 heavy (non-hydrogen) atoms. The molecule has 182 valence electrons. The van der Waals surface area contributed by atoms with E-state index in [4.69, 9.17) is 21.3 Å². The Morgan fingerprint density at radius 2 is 1.88 bits per heavy atom. The van der Waals surface area contributed by atoms with Gasteiger partial charge in [-0.05, 0) is 54.8 Å². The van der Waals surface area contributed by atoms with E-state index in [1.165, 1.54) is 0 Å². The molecular formula is C28H35ClN2O2S. The molecule has 3 rings (SSSR count). The number of allylic oxidation sites excluding steroid dienone is 1. The van der Waals surface area contributed by atoms with Crippen LogP contribution in [0.1, 0.15) is 74.8 Å². The van der Waals surface area contributed by atoms with Crippen molar-refractivity contribution >= 4 is 34.5 Å². The van der Waals surface area contributed by atoms with Crippen molar-refractivity contribution in [2.24, 2.45) is 0 Å². The molecule has 0 amide bonds. The summed E-state index contributed by atoms with van der Waals surface area (Å²) in [7, 11) is 0. The van der Waals surface area contributed by atoms with Crippen molar-refractivity contribution in [2.45, 2.75) is 72.3 Å². The van der Waals surface area contributed by atoms with Gasteiger partial charge >= 0.3 is 5.97 Å². The molecule has 2 heterocycles. The van der Waals surface area contributed by atoms with Gasteiger partial charge in [-0.25, -0.2) is 9.78 Å². The number of halogens is 1. The number of rotatable bonds is 13. The van der Waals surface area contributed by atoms with E-state index < -0.39 is 0 Å². The Hall–Kier alpha value is -2.37. The Morgan fingerprint density at radius 3 is 2.56 bits per heavy atom. The van der Waals surface area contributed by atoms with Crippen LogP contribution in [-0.2, 0) is 28.9 Å². The van der Waals surface area contributed by atoms with Gasteiger partial charge in [0.25, 0.3) is 0 Å². The number of aryl methyl sites for hydroxylation is 1. The van der Waals surface area contributed by atoms with Crippen LogP contribution in [0.4, 0.5) is 0 Å². The largest absolute Gasteiger partial charge is 0.463 e. The Labute approximate surface area is 212 Å². The maximum absolute atomic E-state index is 13.2. The highest BCUT2D eigenvalue weighted by Crippen LogP contribution is 2.31. The average molecular weight is 499 g/mol. The number of benzene rings is 1. The fraction of sp³-hybridized carbons (Fsp3) is 0.429. The van der Waals surface area contributed by atoms with Crippen LogP contribution >= 0.6 is 22.9 Å². The second-order valence-corrected chi connectivity index (χ2v) is 9.82. The van der Waals surface area contributed by atoms with Crippen LogP contribution in [-0.4, -0.2) is 22.1 Å². The quantitative estimate of drug-likeness (QED) is 0.179. The Balaban J connectivity index is 2.16. The number of esters is 1. The van der Waals surface area contributed by atoms with Gasteiger partial charge in [-0.2, -0.15) is 0 Å². The number of carbonyl (C=O) groups excluding carboxylic acids is 1. The number of unbranched alkanes of at least 4 members (excludes halogenated alkanes) is 2. The van der Waals surface area contributed by atoms with E-state index in [1.807, 2.05) is 42.8 Å². The second-order valence-electron chi connectivity index (χ2n) is 8.38. The third-order valence-corrected chi connectivity index (χ3v) is 7.13. The van der Waals surface area contributed by atoms with Crippen LogP contribution in [0.3, 0.4) is 0 Å². The molecule has 1 aromatic carbocycles. The lowest BCUT2D eigenvalue weighted by Gasteiger charge is -2.18. The summed E-state index contributed by atoms with van der Waals surface area (Å²) in [6.07, 6.45) is 8.40. The van der Waals surface area contributed by atoms with Crippen molar-refractivity contribution in [1.29, 1.82) is 0 Å². The molecular weight excluding hydrogens is 464 g/mol. The molecule has 6 heteroatoms. The minimum absolute atomic E-state index is 0.234.